The minimum Gasteiger partial charge on any atom is -0.497 e. The Balaban J connectivity index is 1.37. The summed E-state index contributed by atoms with van der Waals surface area (Å²) < 4.78 is 18.3. The molecule has 4 aliphatic heterocycles. The van der Waals surface area contributed by atoms with E-state index >= 15 is 4.79 Å². The number of rotatable bonds is 6. The molecule has 1 spiro atoms. The molecular weight excluding hydrogens is 662 g/mol. The van der Waals surface area contributed by atoms with Crippen molar-refractivity contribution in [2.24, 2.45) is 11.8 Å². The number of anilines is 1. The lowest BCUT2D eigenvalue weighted by Crippen LogP contribution is -2.57. The zero-order chi connectivity index (χ0) is 36.6. The highest BCUT2D eigenvalue weighted by Gasteiger charge is 2.74. The first-order chi connectivity index (χ1) is 25.2. The summed E-state index contributed by atoms with van der Waals surface area (Å²) in [5.74, 6) is -3.33. The quantitative estimate of drug-likeness (QED) is 0.296. The first-order valence-corrected chi connectivity index (χ1v) is 17.7. The van der Waals surface area contributed by atoms with Crippen LogP contribution >= 0.6 is 0 Å². The molecule has 0 radical (unpaired) electrons. The average Bonchev–Trinajstić information content (AvgIpc) is 3.82. The fourth-order valence-corrected chi connectivity index (χ4v) is 8.16. The number of benzene rings is 3. The molecule has 0 saturated carbocycles. The van der Waals surface area contributed by atoms with Gasteiger partial charge in [-0.1, -0.05) is 85.0 Å². The van der Waals surface area contributed by atoms with Crippen LogP contribution in [0.5, 0.6) is 5.75 Å². The van der Waals surface area contributed by atoms with Gasteiger partial charge >= 0.3 is 5.97 Å². The maximum Gasteiger partial charge on any atom is 0.313 e. The van der Waals surface area contributed by atoms with E-state index in [0.29, 0.717) is 29.0 Å². The third kappa shape index (κ3) is 5.97. The van der Waals surface area contributed by atoms with Gasteiger partial charge < -0.3 is 34.0 Å². The summed E-state index contributed by atoms with van der Waals surface area (Å²) in [4.78, 5) is 62.7. The molecule has 5 bridgehead atoms. The smallest absolute Gasteiger partial charge is 0.313 e. The third-order valence-electron chi connectivity index (χ3n) is 11.0. The maximum absolute atomic E-state index is 15.2. The minimum absolute atomic E-state index is 0.120. The number of allylic oxidation sites excluding steroid dienone is 1. The average molecular weight is 706 g/mol. The van der Waals surface area contributed by atoms with Crippen molar-refractivity contribution in [1.29, 1.82) is 0 Å². The van der Waals surface area contributed by atoms with E-state index in [0.717, 1.165) is 0 Å². The number of hydrogen-bond donors (Lipinski definition) is 1. The van der Waals surface area contributed by atoms with Crippen molar-refractivity contribution >= 4 is 29.4 Å². The van der Waals surface area contributed by atoms with Gasteiger partial charge in [0.25, 0.3) is 5.91 Å². The van der Waals surface area contributed by atoms with Gasteiger partial charge in [-0.15, -0.1) is 0 Å². The molecule has 11 nitrogen and oxygen atoms in total. The number of likely N-dealkylation sites (N-methyl/N-ethyl adjacent to an activating group) is 1. The van der Waals surface area contributed by atoms with Crippen LogP contribution in [-0.2, 0) is 28.7 Å². The highest BCUT2D eigenvalue weighted by atomic mass is 16.6. The van der Waals surface area contributed by atoms with E-state index in [-0.39, 0.29) is 18.9 Å². The molecule has 3 aromatic rings. The van der Waals surface area contributed by atoms with Gasteiger partial charge in [0.15, 0.2) is 0 Å². The molecular formula is C41H43N3O8. The van der Waals surface area contributed by atoms with Crippen LogP contribution in [-0.4, -0.2) is 89.7 Å². The molecule has 8 atom stereocenters. The van der Waals surface area contributed by atoms with E-state index in [1.54, 1.807) is 72.5 Å². The largest absolute Gasteiger partial charge is 0.497 e. The van der Waals surface area contributed by atoms with E-state index in [2.05, 4.69) is 0 Å². The summed E-state index contributed by atoms with van der Waals surface area (Å²) in [6, 6.07) is 22.6. The van der Waals surface area contributed by atoms with E-state index < -0.39 is 72.2 Å². The first-order valence-electron chi connectivity index (χ1n) is 17.7. The zero-order valence-electron chi connectivity index (χ0n) is 29.4. The summed E-state index contributed by atoms with van der Waals surface area (Å²) in [7, 11) is 3.25. The van der Waals surface area contributed by atoms with Crippen LogP contribution in [0.1, 0.15) is 43.0 Å². The number of methoxy groups -OCH3 is 1. The minimum atomic E-state index is -1.52. The number of likely N-dealkylation sites (tertiary alicyclic amines) is 1. The molecule has 0 unspecified atom stereocenters. The number of nitrogens with zero attached hydrogens (tertiary/aromatic N) is 3. The number of ether oxygens (including phenoxy) is 3. The van der Waals surface area contributed by atoms with Crippen molar-refractivity contribution < 1.29 is 38.5 Å². The fourth-order valence-electron chi connectivity index (χ4n) is 8.16. The van der Waals surface area contributed by atoms with Crippen LogP contribution in [0.15, 0.2) is 109 Å². The van der Waals surface area contributed by atoms with Crippen molar-refractivity contribution in [3.05, 3.63) is 120 Å². The Morgan fingerprint density at radius 3 is 2.29 bits per heavy atom. The number of esters is 1. The van der Waals surface area contributed by atoms with Gasteiger partial charge in [-0.05, 0) is 48.7 Å². The van der Waals surface area contributed by atoms with Crippen molar-refractivity contribution in [2.45, 2.75) is 55.7 Å². The first kappa shape index (κ1) is 35.2. The van der Waals surface area contributed by atoms with Crippen molar-refractivity contribution in [3.63, 3.8) is 0 Å². The number of hydrogen-bond acceptors (Lipinski definition) is 8. The van der Waals surface area contributed by atoms with Gasteiger partial charge in [-0.3, -0.25) is 19.2 Å². The molecule has 3 aromatic carbocycles. The van der Waals surface area contributed by atoms with Gasteiger partial charge in [0.05, 0.1) is 37.8 Å². The molecule has 2 saturated heterocycles. The molecule has 4 aliphatic rings. The van der Waals surface area contributed by atoms with Gasteiger partial charge in [0.1, 0.15) is 29.4 Å². The highest BCUT2D eigenvalue weighted by molar-refractivity contribution is 6.05. The number of amides is 3. The van der Waals surface area contributed by atoms with Crippen LogP contribution in [0.2, 0.25) is 0 Å². The van der Waals surface area contributed by atoms with Gasteiger partial charge in [-0.2, -0.15) is 0 Å². The van der Waals surface area contributed by atoms with Crippen LogP contribution in [0.25, 0.3) is 0 Å². The van der Waals surface area contributed by atoms with Crippen LogP contribution < -0.4 is 9.64 Å². The molecule has 4 heterocycles. The van der Waals surface area contributed by atoms with Crippen molar-refractivity contribution in [3.8, 4) is 5.75 Å². The van der Waals surface area contributed by atoms with E-state index in [1.165, 1.54) is 4.90 Å². The summed E-state index contributed by atoms with van der Waals surface area (Å²) in [5.41, 5.74) is 0.355. The second kappa shape index (κ2) is 14.4. The number of carbonyl (C=O) groups is 4. The second-order valence-corrected chi connectivity index (χ2v) is 13.7. The summed E-state index contributed by atoms with van der Waals surface area (Å²) >= 11 is 0. The van der Waals surface area contributed by atoms with Crippen molar-refractivity contribution in [1.82, 2.24) is 9.80 Å². The maximum atomic E-state index is 15.2. The topological polar surface area (TPSA) is 126 Å². The predicted octanol–water partition coefficient (Wildman–Crippen LogP) is 4.39. The molecule has 0 aromatic heterocycles. The number of fused-ring (bicyclic) bond motifs is 2. The summed E-state index contributed by atoms with van der Waals surface area (Å²) in [6.07, 6.45) is 6.10. The van der Waals surface area contributed by atoms with E-state index in [4.69, 9.17) is 14.2 Å². The zero-order valence-corrected chi connectivity index (χ0v) is 29.4. The number of aliphatic hydroxyl groups is 1. The van der Waals surface area contributed by atoms with Gasteiger partial charge in [-0.25, -0.2) is 0 Å². The molecule has 7 rings (SSSR count). The van der Waals surface area contributed by atoms with Gasteiger partial charge in [0.2, 0.25) is 11.8 Å². The molecule has 1 N–H and O–H groups in total. The van der Waals surface area contributed by atoms with Crippen molar-refractivity contribution in [2.75, 3.05) is 32.2 Å². The Bertz CT molecular complexity index is 1870. The van der Waals surface area contributed by atoms with Gasteiger partial charge in [0, 0.05) is 25.7 Å². The molecule has 52 heavy (non-hydrogen) atoms. The Hall–Kier alpha value is -5.26. The summed E-state index contributed by atoms with van der Waals surface area (Å²) in [5, 5.41) is 10.9. The lowest BCUT2D eigenvalue weighted by Gasteiger charge is -2.39. The Labute approximate surface area is 303 Å². The number of carbonyl (C=O) groups excluding carboxylic acids is 4. The van der Waals surface area contributed by atoms with E-state index in [1.807, 2.05) is 67.6 Å². The highest BCUT2D eigenvalue weighted by Crippen LogP contribution is 2.57. The fraction of sp³-hybridized carbons (Fsp3) is 0.366. The Kier molecular flexibility index (Phi) is 9.73. The molecule has 270 valence electrons. The Morgan fingerprint density at radius 1 is 0.923 bits per heavy atom. The third-order valence-corrected chi connectivity index (χ3v) is 11.0. The molecule has 0 aliphatic carbocycles. The predicted molar refractivity (Wildman–Crippen MR) is 192 cm³/mol. The normalized spacial score (nSPS) is 30.3. The lowest BCUT2D eigenvalue weighted by molar-refractivity contribution is -0.164. The Morgan fingerprint density at radius 2 is 1.62 bits per heavy atom. The lowest BCUT2D eigenvalue weighted by atomic mass is 9.74. The number of cyclic esters (lactones) is 1. The van der Waals surface area contributed by atoms with Crippen LogP contribution in [0.4, 0.5) is 5.69 Å². The molecule has 3 amide bonds. The molecule has 11 heteroatoms. The number of aliphatic hydroxyl groups excluding tert-OH is 1. The van der Waals surface area contributed by atoms with E-state index in [9.17, 15) is 19.5 Å². The monoisotopic (exact) mass is 705 g/mol. The second-order valence-electron chi connectivity index (χ2n) is 13.7. The van der Waals surface area contributed by atoms with Crippen LogP contribution in [0, 0.1) is 11.8 Å². The summed E-state index contributed by atoms with van der Waals surface area (Å²) in [6.45, 7) is 1.48. The van der Waals surface area contributed by atoms with Crippen LogP contribution in [0.3, 0.4) is 0 Å². The molecule has 2 fully saturated rings. The SMILES string of the molecule is COc1ccc(N2C/C=C\CCC(=O)N(C)[C@H](C)[C@@H](c3ccccc3)OC(=O)[C@@H]3[C@@H]4C=C[C@]5(O4)[C@H](C2=O)N([C@H](CO)c2ccccc2)C(=O)[C@@H]35)cc1. The standard InChI is InChI=1S/C41H43N3O8/c1-26-36(28-15-9-5-10-16-28)51-40(49)34-32-22-23-41(52-32)35(34)38(47)44(31(25-45)27-13-7-4-8-14-27)37(41)39(48)43(29-18-20-30(50-3)21-19-29)24-12-6-11-17-33(46)42(26)2/h4-10,12-16,18-23,26,31-32,34-37,45H,11,17,24-25H2,1-3H3/b12-6-/t26-,31-,32+,34-,35-,36+,37+,41-/m1/s1.